The highest BCUT2D eigenvalue weighted by molar-refractivity contribution is 6.30. The number of hydrogen-bond acceptors (Lipinski definition) is 4. The number of nitrogens with zero attached hydrogens (tertiary/aromatic N) is 2. The van der Waals surface area contributed by atoms with Gasteiger partial charge in [0.05, 0.1) is 18.3 Å². The van der Waals surface area contributed by atoms with Crippen LogP contribution < -0.4 is 10.1 Å². The zero-order valence-electron chi connectivity index (χ0n) is 15.0. The first-order chi connectivity index (χ1) is 12.7. The fraction of sp³-hybridized carbons (Fsp3) is 0.526. The topological polar surface area (TPSA) is 48.3 Å². The van der Waals surface area contributed by atoms with Crippen molar-refractivity contribution in [3.8, 4) is 5.88 Å². The predicted molar refractivity (Wildman–Crippen MR) is 98.9 cm³/mol. The van der Waals surface area contributed by atoms with Crippen LogP contribution in [0.3, 0.4) is 0 Å². The highest BCUT2D eigenvalue weighted by Crippen LogP contribution is 2.22. The number of nitrogens with one attached hydrogen (secondary N) is 1. The molecule has 1 N–H and O–H groups in total. The largest absolute Gasteiger partial charge is 0.473 e. The molecule has 0 spiro atoms. The Kier molecular flexibility index (Phi) is 6.88. The molecule has 1 aromatic heterocycles. The normalized spacial score (nSPS) is 17.4. The molecular formula is C19H25ClFN3O2. The van der Waals surface area contributed by atoms with Crippen molar-refractivity contribution < 1.29 is 13.9 Å². The molecule has 0 radical (unpaired) electrons. The summed E-state index contributed by atoms with van der Waals surface area (Å²) in [7, 11) is 0. The first kappa shape index (κ1) is 19.1. The van der Waals surface area contributed by atoms with Crippen LogP contribution in [0.2, 0.25) is 5.02 Å². The highest BCUT2D eigenvalue weighted by atomic mass is 35.5. The minimum absolute atomic E-state index is 0.101. The Balaban J connectivity index is 1.72. The van der Waals surface area contributed by atoms with Gasteiger partial charge in [-0.1, -0.05) is 18.5 Å². The average Bonchev–Trinajstić information content (AvgIpc) is 3.03. The van der Waals surface area contributed by atoms with E-state index in [4.69, 9.17) is 21.1 Å². The molecule has 5 nitrogen and oxygen atoms in total. The molecular weight excluding hydrogens is 357 g/mol. The lowest BCUT2D eigenvalue weighted by molar-refractivity contribution is 0.00228. The van der Waals surface area contributed by atoms with Crippen molar-refractivity contribution in [2.75, 3.05) is 13.2 Å². The molecule has 3 rings (SSSR count). The molecule has 1 unspecified atom stereocenters. The molecule has 142 valence electrons. The molecule has 2 heterocycles. The lowest BCUT2D eigenvalue weighted by Gasteiger charge is -2.23. The smallest absolute Gasteiger partial charge is 0.212 e. The summed E-state index contributed by atoms with van der Waals surface area (Å²) in [6.45, 7) is 5.11. The van der Waals surface area contributed by atoms with Crippen molar-refractivity contribution in [1.29, 1.82) is 0 Å². The molecule has 1 aliphatic heterocycles. The summed E-state index contributed by atoms with van der Waals surface area (Å²) in [6.07, 6.45) is 3.43. The lowest BCUT2D eigenvalue weighted by atomic mass is 10.1. The van der Waals surface area contributed by atoms with E-state index >= 15 is 0 Å². The Morgan fingerprint density at radius 3 is 3.04 bits per heavy atom. The van der Waals surface area contributed by atoms with Crippen molar-refractivity contribution in [3.63, 3.8) is 0 Å². The maximum absolute atomic E-state index is 13.9. The van der Waals surface area contributed by atoms with Crippen LogP contribution in [-0.2, 0) is 24.4 Å². The van der Waals surface area contributed by atoms with Crippen LogP contribution >= 0.6 is 11.6 Å². The van der Waals surface area contributed by atoms with Gasteiger partial charge >= 0.3 is 0 Å². The third-order valence-electron chi connectivity index (χ3n) is 4.38. The molecule has 0 aliphatic carbocycles. The van der Waals surface area contributed by atoms with E-state index in [1.54, 1.807) is 6.07 Å². The van der Waals surface area contributed by atoms with E-state index in [1.165, 1.54) is 18.6 Å². The molecule has 1 aromatic carbocycles. The van der Waals surface area contributed by atoms with Crippen LogP contribution in [0, 0.1) is 5.82 Å². The number of ether oxygens (including phenoxy) is 2. The standard InChI is InChI=1S/C19H25ClFN3O2/c1-2-22-11-16-10-19(24(23-16)12-17-5-3-4-8-25-17)26-13-14-9-15(20)6-7-18(14)21/h6-7,9-10,17,22H,2-5,8,11-13H2,1H3. The Morgan fingerprint density at radius 2 is 2.27 bits per heavy atom. The summed E-state index contributed by atoms with van der Waals surface area (Å²) in [6, 6.07) is 6.36. The Morgan fingerprint density at radius 1 is 1.38 bits per heavy atom. The average molecular weight is 382 g/mol. The van der Waals surface area contributed by atoms with Crippen molar-refractivity contribution in [3.05, 3.63) is 46.4 Å². The second kappa shape index (κ2) is 9.35. The van der Waals surface area contributed by atoms with E-state index in [-0.39, 0.29) is 18.5 Å². The number of halogens is 2. The quantitative estimate of drug-likeness (QED) is 0.752. The first-order valence-electron chi connectivity index (χ1n) is 9.11. The molecule has 1 atom stereocenters. The number of rotatable bonds is 8. The summed E-state index contributed by atoms with van der Waals surface area (Å²) >= 11 is 5.96. The van der Waals surface area contributed by atoms with Crippen molar-refractivity contribution in [2.45, 2.75) is 52.0 Å². The number of aromatic nitrogens is 2. The fourth-order valence-electron chi connectivity index (χ4n) is 2.99. The van der Waals surface area contributed by atoms with Gasteiger partial charge in [0.2, 0.25) is 5.88 Å². The number of hydrogen-bond donors (Lipinski definition) is 1. The van der Waals surface area contributed by atoms with Crippen LogP contribution in [0.4, 0.5) is 4.39 Å². The SMILES string of the molecule is CCNCc1cc(OCc2cc(Cl)ccc2F)n(CC2CCCCO2)n1. The second-order valence-corrected chi connectivity index (χ2v) is 6.89. The van der Waals surface area contributed by atoms with Crippen LogP contribution in [-0.4, -0.2) is 29.0 Å². The van der Waals surface area contributed by atoms with Gasteiger partial charge in [0.25, 0.3) is 0 Å². The van der Waals surface area contributed by atoms with E-state index in [0.29, 0.717) is 29.6 Å². The zero-order valence-corrected chi connectivity index (χ0v) is 15.8. The van der Waals surface area contributed by atoms with Gasteiger partial charge in [-0.2, -0.15) is 5.10 Å². The molecule has 1 fully saturated rings. The second-order valence-electron chi connectivity index (χ2n) is 6.45. The van der Waals surface area contributed by atoms with Crippen LogP contribution in [0.25, 0.3) is 0 Å². The van der Waals surface area contributed by atoms with Gasteiger partial charge in [-0.25, -0.2) is 9.07 Å². The first-order valence-corrected chi connectivity index (χ1v) is 9.49. The maximum Gasteiger partial charge on any atom is 0.212 e. The monoisotopic (exact) mass is 381 g/mol. The summed E-state index contributed by atoms with van der Waals surface area (Å²) < 4.78 is 27.4. The Hall–Kier alpha value is -1.63. The fourth-order valence-corrected chi connectivity index (χ4v) is 3.18. The van der Waals surface area contributed by atoms with E-state index in [1.807, 2.05) is 17.7 Å². The summed E-state index contributed by atoms with van der Waals surface area (Å²) in [4.78, 5) is 0. The number of benzene rings is 1. The van der Waals surface area contributed by atoms with E-state index < -0.39 is 0 Å². The van der Waals surface area contributed by atoms with Gasteiger partial charge in [-0.3, -0.25) is 0 Å². The van der Waals surface area contributed by atoms with Crippen LogP contribution in [0.1, 0.15) is 37.4 Å². The Bertz CT molecular complexity index is 717. The summed E-state index contributed by atoms with van der Waals surface area (Å²) in [5, 5.41) is 8.37. The van der Waals surface area contributed by atoms with Crippen LogP contribution in [0.5, 0.6) is 5.88 Å². The third kappa shape index (κ3) is 5.19. The molecule has 1 aliphatic rings. The summed E-state index contributed by atoms with van der Waals surface area (Å²) in [5.74, 6) is 0.287. The van der Waals surface area contributed by atoms with Crippen molar-refractivity contribution in [2.24, 2.45) is 0 Å². The van der Waals surface area contributed by atoms with Crippen molar-refractivity contribution in [1.82, 2.24) is 15.1 Å². The molecule has 2 aromatic rings. The van der Waals surface area contributed by atoms with E-state index in [0.717, 1.165) is 31.7 Å². The van der Waals surface area contributed by atoms with Gasteiger partial charge in [-0.15, -0.1) is 0 Å². The molecule has 0 saturated carbocycles. The van der Waals surface area contributed by atoms with Gasteiger partial charge in [0, 0.05) is 29.8 Å². The molecule has 26 heavy (non-hydrogen) atoms. The molecule has 0 amide bonds. The predicted octanol–water partition coefficient (Wildman–Crippen LogP) is 3.93. The maximum atomic E-state index is 13.9. The van der Waals surface area contributed by atoms with E-state index in [9.17, 15) is 4.39 Å². The Labute approximate surface area is 158 Å². The molecule has 7 heteroatoms. The third-order valence-corrected chi connectivity index (χ3v) is 4.62. The van der Waals surface area contributed by atoms with E-state index in [2.05, 4.69) is 10.4 Å². The minimum atomic E-state index is -0.330. The zero-order chi connectivity index (χ0) is 18.4. The van der Waals surface area contributed by atoms with Crippen molar-refractivity contribution >= 4 is 11.6 Å². The molecule has 0 bridgehead atoms. The van der Waals surface area contributed by atoms with Gasteiger partial charge in [0.1, 0.15) is 12.4 Å². The van der Waals surface area contributed by atoms with Gasteiger partial charge in [0.15, 0.2) is 0 Å². The minimum Gasteiger partial charge on any atom is -0.473 e. The summed E-state index contributed by atoms with van der Waals surface area (Å²) in [5.41, 5.74) is 1.32. The highest BCUT2D eigenvalue weighted by Gasteiger charge is 2.18. The van der Waals surface area contributed by atoms with Gasteiger partial charge < -0.3 is 14.8 Å². The van der Waals surface area contributed by atoms with Gasteiger partial charge in [-0.05, 0) is 44.0 Å². The van der Waals surface area contributed by atoms with Crippen LogP contribution in [0.15, 0.2) is 24.3 Å². The lowest BCUT2D eigenvalue weighted by Crippen LogP contribution is -2.25. The molecule has 1 saturated heterocycles.